The van der Waals surface area contributed by atoms with Crippen molar-refractivity contribution in [2.45, 2.75) is 25.8 Å². The molecule has 20 heavy (non-hydrogen) atoms. The second kappa shape index (κ2) is 6.68. The monoisotopic (exact) mass is 342 g/mol. The molecule has 0 saturated carbocycles. The predicted octanol–water partition coefficient (Wildman–Crippen LogP) is 3.14. The molecule has 5 heteroatoms. The van der Waals surface area contributed by atoms with Crippen molar-refractivity contribution in [2.24, 2.45) is 0 Å². The van der Waals surface area contributed by atoms with Crippen LogP contribution in [0, 0.1) is 5.82 Å². The van der Waals surface area contributed by atoms with Crippen LogP contribution in [0.5, 0.6) is 0 Å². The van der Waals surface area contributed by atoms with Crippen LogP contribution in [0.25, 0.3) is 0 Å². The fourth-order valence-electron chi connectivity index (χ4n) is 2.77. The molecule has 1 fully saturated rings. The van der Waals surface area contributed by atoms with E-state index < -0.39 is 0 Å². The van der Waals surface area contributed by atoms with E-state index in [0.717, 1.165) is 26.1 Å². The van der Waals surface area contributed by atoms with E-state index in [1.54, 1.807) is 11.0 Å². The van der Waals surface area contributed by atoms with Crippen molar-refractivity contribution < 1.29 is 9.18 Å². The van der Waals surface area contributed by atoms with Gasteiger partial charge in [-0.1, -0.05) is 6.92 Å². The van der Waals surface area contributed by atoms with Crippen LogP contribution in [0.4, 0.5) is 4.39 Å². The molecule has 0 spiro atoms. The lowest BCUT2D eigenvalue weighted by molar-refractivity contribution is 0.0754. The molecule has 110 valence electrons. The molecule has 1 aliphatic heterocycles. The number of amides is 1. The summed E-state index contributed by atoms with van der Waals surface area (Å²) >= 11 is 3.12. The van der Waals surface area contributed by atoms with E-state index in [1.807, 2.05) is 7.05 Å². The van der Waals surface area contributed by atoms with E-state index in [9.17, 15) is 9.18 Å². The minimum atomic E-state index is -0.350. The molecule has 0 radical (unpaired) electrons. The second-order valence-corrected chi connectivity index (χ2v) is 6.09. The molecule has 0 N–H and O–H groups in total. The average Bonchev–Trinajstić information content (AvgIpc) is 2.88. The molecule has 0 aromatic heterocycles. The van der Waals surface area contributed by atoms with E-state index >= 15 is 0 Å². The fraction of sp³-hybridized carbons (Fsp3) is 0.533. The predicted molar refractivity (Wildman–Crippen MR) is 81.3 cm³/mol. The Hall–Kier alpha value is -0.940. The quantitative estimate of drug-likeness (QED) is 0.839. The highest BCUT2D eigenvalue weighted by Crippen LogP contribution is 2.20. The van der Waals surface area contributed by atoms with Gasteiger partial charge in [0, 0.05) is 25.2 Å². The van der Waals surface area contributed by atoms with E-state index in [4.69, 9.17) is 0 Å². The van der Waals surface area contributed by atoms with Crippen molar-refractivity contribution in [3.05, 3.63) is 34.1 Å². The van der Waals surface area contributed by atoms with Crippen molar-refractivity contribution in [1.82, 2.24) is 9.80 Å². The van der Waals surface area contributed by atoms with Crippen molar-refractivity contribution in [3.8, 4) is 0 Å². The molecule has 3 nitrogen and oxygen atoms in total. The molecule has 0 bridgehead atoms. The summed E-state index contributed by atoms with van der Waals surface area (Å²) in [6, 6.07) is 4.84. The van der Waals surface area contributed by atoms with Crippen molar-refractivity contribution in [1.29, 1.82) is 0 Å². The highest BCUT2D eigenvalue weighted by molar-refractivity contribution is 9.10. The number of likely N-dealkylation sites (tertiary alicyclic amines) is 1. The Bertz CT molecular complexity index is 495. The van der Waals surface area contributed by atoms with Gasteiger partial charge in [-0.05, 0) is 60.1 Å². The summed E-state index contributed by atoms with van der Waals surface area (Å²) < 4.78 is 13.5. The zero-order chi connectivity index (χ0) is 14.7. The van der Waals surface area contributed by atoms with Crippen LogP contribution >= 0.6 is 15.9 Å². The van der Waals surface area contributed by atoms with Gasteiger partial charge in [-0.2, -0.15) is 0 Å². The Kier molecular flexibility index (Phi) is 5.16. The van der Waals surface area contributed by atoms with E-state index in [2.05, 4.69) is 27.8 Å². The lowest BCUT2D eigenvalue weighted by Crippen LogP contribution is -2.41. The first kappa shape index (κ1) is 15.4. The van der Waals surface area contributed by atoms with Gasteiger partial charge in [-0.3, -0.25) is 9.69 Å². The Balaban J connectivity index is 2.03. The molecule has 2 rings (SSSR count). The smallest absolute Gasteiger partial charge is 0.253 e. The summed E-state index contributed by atoms with van der Waals surface area (Å²) in [7, 11) is 1.81. The Labute approximate surface area is 127 Å². The number of carbonyl (C=O) groups is 1. The van der Waals surface area contributed by atoms with Crippen LogP contribution in [0.3, 0.4) is 0 Å². The van der Waals surface area contributed by atoms with Gasteiger partial charge < -0.3 is 4.90 Å². The lowest BCUT2D eigenvalue weighted by Gasteiger charge is -2.27. The topological polar surface area (TPSA) is 23.6 Å². The Morgan fingerprint density at radius 3 is 2.95 bits per heavy atom. The van der Waals surface area contributed by atoms with Crippen molar-refractivity contribution in [3.63, 3.8) is 0 Å². The fourth-order valence-corrected chi connectivity index (χ4v) is 3.15. The SMILES string of the molecule is CCN1CCCC1CN(C)C(=O)c1ccc(F)c(Br)c1. The average molecular weight is 343 g/mol. The number of hydrogen-bond acceptors (Lipinski definition) is 2. The summed E-state index contributed by atoms with van der Waals surface area (Å²) in [4.78, 5) is 16.5. The van der Waals surface area contributed by atoms with Gasteiger partial charge in [0.2, 0.25) is 0 Å². The number of hydrogen-bond donors (Lipinski definition) is 0. The summed E-state index contributed by atoms with van der Waals surface area (Å²) in [6.07, 6.45) is 2.33. The normalized spacial score (nSPS) is 19.3. The van der Waals surface area contributed by atoms with E-state index in [1.165, 1.54) is 18.6 Å². The van der Waals surface area contributed by atoms with Crippen LogP contribution < -0.4 is 0 Å². The number of likely N-dealkylation sites (N-methyl/N-ethyl adjacent to an activating group) is 2. The highest BCUT2D eigenvalue weighted by Gasteiger charge is 2.26. The third kappa shape index (κ3) is 3.38. The van der Waals surface area contributed by atoms with Gasteiger partial charge in [-0.15, -0.1) is 0 Å². The lowest BCUT2D eigenvalue weighted by atomic mass is 10.1. The summed E-state index contributed by atoms with van der Waals surface area (Å²) in [6.45, 7) is 5.01. The Morgan fingerprint density at radius 1 is 1.55 bits per heavy atom. The Morgan fingerprint density at radius 2 is 2.30 bits per heavy atom. The molecule has 1 aromatic carbocycles. The van der Waals surface area contributed by atoms with Gasteiger partial charge >= 0.3 is 0 Å². The molecule has 1 unspecified atom stereocenters. The van der Waals surface area contributed by atoms with Gasteiger partial charge in [-0.25, -0.2) is 4.39 Å². The standard InChI is InChI=1S/C15H20BrFN2O/c1-3-19-8-4-5-12(19)10-18(2)15(20)11-6-7-14(17)13(16)9-11/h6-7,9,12H,3-5,8,10H2,1-2H3. The van der Waals surface area contributed by atoms with Crippen LogP contribution in [-0.2, 0) is 0 Å². The third-order valence-corrected chi connectivity index (χ3v) is 4.51. The molecule has 1 aromatic rings. The zero-order valence-electron chi connectivity index (χ0n) is 11.9. The summed E-state index contributed by atoms with van der Waals surface area (Å²) in [5.74, 6) is -0.411. The first-order chi connectivity index (χ1) is 9.52. The van der Waals surface area contributed by atoms with Gasteiger partial charge in [0.05, 0.1) is 4.47 Å². The van der Waals surface area contributed by atoms with Crippen LogP contribution in [0.15, 0.2) is 22.7 Å². The molecule has 1 heterocycles. The minimum absolute atomic E-state index is 0.0614. The first-order valence-electron chi connectivity index (χ1n) is 6.97. The van der Waals surface area contributed by atoms with E-state index in [-0.39, 0.29) is 11.7 Å². The van der Waals surface area contributed by atoms with Crippen LogP contribution in [0.2, 0.25) is 0 Å². The molecule has 1 aliphatic rings. The summed E-state index contributed by atoms with van der Waals surface area (Å²) in [5.41, 5.74) is 0.516. The minimum Gasteiger partial charge on any atom is -0.340 e. The molecule has 1 saturated heterocycles. The number of halogens is 2. The van der Waals surface area contributed by atoms with Gasteiger partial charge in [0.15, 0.2) is 0 Å². The maximum atomic E-state index is 13.2. The zero-order valence-corrected chi connectivity index (χ0v) is 13.5. The van der Waals surface area contributed by atoms with E-state index in [0.29, 0.717) is 16.1 Å². The maximum Gasteiger partial charge on any atom is 0.253 e. The maximum absolute atomic E-state index is 13.2. The van der Waals surface area contributed by atoms with Crippen LogP contribution in [-0.4, -0.2) is 48.4 Å². The molecule has 0 aliphatic carbocycles. The highest BCUT2D eigenvalue weighted by atomic mass is 79.9. The molecule has 1 amide bonds. The third-order valence-electron chi connectivity index (χ3n) is 3.90. The van der Waals surface area contributed by atoms with Gasteiger partial charge in [0.1, 0.15) is 5.82 Å². The number of benzene rings is 1. The number of carbonyl (C=O) groups excluding carboxylic acids is 1. The second-order valence-electron chi connectivity index (χ2n) is 5.24. The number of rotatable bonds is 4. The van der Waals surface area contributed by atoms with Crippen molar-refractivity contribution >= 4 is 21.8 Å². The molecular weight excluding hydrogens is 323 g/mol. The van der Waals surface area contributed by atoms with Crippen LogP contribution in [0.1, 0.15) is 30.1 Å². The molecule has 1 atom stereocenters. The van der Waals surface area contributed by atoms with Crippen molar-refractivity contribution in [2.75, 3.05) is 26.7 Å². The largest absolute Gasteiger partial charge is 0.340 e. The summed E-state index contributed by atoms with van der Waals surface area (Å²) in [5, 5.41) is 0. The number of nitrogens with zero attached hydrogens (tertiary/aromatic N) is 2. The van der Waals surface area contributed by atoms with Gasteiger partial charge in [0.25, 0.3) is 5.91 Å². The first-order valence-corrected chi connectivity index (χ1v) is 7.76. The molecular formula is C15H20BrFN2O.